The lowest BCUT2D eigenvalue weighted by Crippen LogP contribution is -2.14. The van der Waals surface area contributed by atoms with Gasteiger partial charge in [-0.3, -0.25) is 9.48 Å². The van der Waals surface area contributed by atoms with Crippen molar-refractivity contribution in [1.29, 1.82) is 0 Å². The normalized spacial score (nSPS) is 13.8. The fourth-order valence-electron chi connectivity index (χ4n) is 2.99. The molecule has 0 unspecified atom stereocenters. The molecule has 7 heteroatoms. The third kappa shape index (κ3) is 2.82. The second kappa shape index (κ2) is 6.16. The highest BCUT2D eigenvalue weighted by molar-refractivity contribution is 6.03. The summed E-state index contributed by atoms with van der Waals surface area (Å²) in [5.74, 6) is 1.52. The highest BCUT2D eigenvalue weighted by Crippen LogP contribution is 2.33. The molecule has 0 bridgehead atoms. The number of carbonyl (C=O) groups is 1. The molecule has 1 saturated carbocycles. The summed E-state index contributed by atoms with van der Waals surface area (Å²) in [6.45, 7) is 2.82. The smallest absolute Gasteiger partial charge is 0.228 e. The van der Waals surface area contributed by atoms with E-state index in [0.29, 0.717) is 5.82 Å². The second-order valence-electron chi connectivity index (χ2n) is 6.18. The highest BCUT2D eigenvalue weighted by atomic mass is 16.2. The van der Waals surface area contributed by atoms with E-state index in [1.807, 2.05) is 30.1 Å². The molecule has 0 radical (unpaired) electrons. The van der Waals surface area contributed by atoms with Gasteiger partial charge >= 0.3 is 0 Å². The van der Waals surface area contributed by atoms with Crippen molar-refractivity contribution in [1.82, 2.24) is 19.7 Å². The zero-order valence-corrected chi connectivity index (χ0v) is 14.3. The van der Waals surface area contributed by atoms with Gasteiger partial charge in [-0.1, -0.05) is 0 Å². The zero-order chi connectivity index (χ0) is 17.4. The van der Waals surface area contributed by atoms with Crippen LogP contribution >= 0.6 is 0 Å². The number of aromatic nitrogens is 4. The van der Waals surface area contributed by atoms with Gasteiger partial charge in [0.25, 0.3) is 0 Å². The summed E-state index contributed by atoms with van der Waals surface area (Å²) in [4.78, 5) is 21.0. The number of fused-ring (bicyclic) bond motifs is 1. The molecule has 0 atom stereocenters. The summed E-state index contributed by atoms with van der Waals surface area (Å²) < 4.78 is 1.93. The molecule has 2 N–H and O–H groups in total. The van der Waals surface area contributed by atoms with Crippen molar-refractivity contribution < 1.29 is 4.79 Å². The number of amides is 1. The van der Waals surface area contributed by atoms with E-state index in [9.17, 15) is 4.79 Å². The summed E-state index contributed by atoms with van der Waals surface area (Å²) in [6, 6.07) is 3.89. The van der Waals surface area contributed by atoms with E-state index in [1.165, 1.54) is 0 Å². The topological polar surface area (TPSA) is 84.7 Å². The molecule has 128 valence electrons. The first-order valence-electron chi connectivity index (χ1n) is 8.50. The van der Waals surface area contributed by atoms with Crippen molar-refractivity contribution in [2.75, 3.05) is 17.7 Å². The molecule has 3 aromatic heterocycles. The van der Waals surface area contributed by atoms with E-state index < -0.39 is 0 Å². The summed E-state index contributed by atoms with van der Waals surface area (Å²) in [5.41, 5.74) is 1.96. The first-order chi connectivity index (χ1) is 12.2. The van der Waals surface area contributed by atoms with Crippen LogP contribution in [0.1, 0.15) is 19.8 Å². The van der Waals surface area contributed by atoms with E-state index in [2.05, 4.69) is 32.6 Å². The number of aryl methyl sites for hydroxylation is 1. The van der Waals surface area contributed by atoms with Crippen LogP contribution in [0, 0.1) is 5.92 Å². The minimum absolute atomic E-state index is 0.0508. The molecule has 0 aromatic carbocycles. The van der Waals surface area contributed by atoms with Gasteiger partial charge in [0.2, 0.25) is 5.91 Å². The van der Waals surface area contributed by atoms with Gasteiger partial charge in [-0.15, -0.1) is 0 Å². The number of nitrogens with one attached hydrogen (secondary N) is 2. The number of hydrogen-bond donors (Lipinski definition) is 2. The SMILES string of the molecule is CCn1nccc1-c1cnc(NC)c2cnc(NC(=O)C3CC3)cc12. The molecule has 25 heavy (non-hydrogen) atoms. The monoisotopic (exact) mass is 336 g/mol. The highest BCUT2D eigenvalue weighted by Gasteiger charge is 2.29. The quantitative estimate of drug-likeness (QED) is 0.748. The lowest BCUT2D eigenvalue weighted by atomic mass is 10.1. The van der Waals surface area contributed by atoms with Gasteiger partial charge in [0.15, 0.2) is 0 Å². The second-order valence-corrected chi connectivity index (χ2v) is 6.18. The van der Waals surface area contributed by atoms with E-state index in [4.69, 9.17) is 0 Å². The molecule has 1 aliphatic carbocycles. The van der Waals surface area contributed by atoms with Crippen LogP contribution in [0.2, 0.25) is 0 Å². The number of hydrogen-bond acceptors (Lipinski definition) is 5. The van der Waals surface area contributed by atoms with Gasteiger partial charge in [-0.2, -0.15) is 5.10 Å². The van der Waals surface area contributed by atoms with Gasteiger partial charge < -0.3 is 10.6 Å². The van der Waals surface area contributed by atoms with Crippen LogP contribution < -0.4 is 10.6 Å². The molecule has 0 spiro atoms. The standard InChI is InChI=1S/C18H20N6O/c1-3-24-15(6-7-22-24)13-9-21-17(19-2)14-10-20-16(8-12(13)14)23-18(25)11-4-5-11/h6-11H,3-5H2,1-2H3,(H,19,21)(H,20,23,25). The van der Waals surface area contributed by atoms with Crippen molar-refractivity contribution in [3.63, 3.8) is 0 Å². The lowest BCUT2D eigenvalue weighted by Gasteiger charge is -2.12. The van der Waals surface area contributed by atoms with Crippen LogP contribution in [-0.4, -0.2) is 32.7 Å². The minimum Gasteiger partial charge on any atom is -0.373 e. The summed E-state index contributed by atoms with van der Waals surface area (Å²) in [6.07, 6.45) is 7.31. The van der Waals surface area contributed by atoms with Gasteiger partial charge in [-0.25, -0.2) is 9.97 Å². The third-order valence-corrected chi connectivity index (χ3v) is 4.50. The molecular formula is C18H20N6O. The van der Waals surface area contributed by atoms with Crippen molar-refractivity contribution in [2.24, 2.45) is 5.92 Å². The minimum atomic E-state index is 0.0508. The van der Waals surface area contributed by atoms with Crippen LogP contribution in [0.4, 0.5) is 11.6 Å². The maximum atomic E-state index is 12.1. The molecule has 7 nitrogen and oxygen atoms in total. The maximum absolute atomic E-state index is 12.1. The van der Waals surface area contributed by atoms with E-state index >= 15 is 0 Å². The fraction of sp³-hybridized carbons (Fsp3) is 0.333. The fourth-order valence-corrected chi connectivity index (χ4v) is 2.99. The van der Waals surface area contributed by atoms with Gasteiger partial charge in [0.1, 0.15) is 11.6 Å². The maximum Gasteiger partial charge on any atom is 0.228 e. The third-order valence-electron chi connectivity index (χ3n) is 4.50. The molecule has 3 aromatic rings. The van der Waals surface area contributed by atoms with Gasteiger partial charge in [0, 0.05) is 54.4 Å². The Labute approximate surface area is 145 Å². The van der Waals surface area contributed by atoms with Crippen LogP contribution in [0.5, 0.6) is 0 Å². The van der Waals surface area contributed by atoms with E-state index in [-0.39, 0.29) is 11.8 Å². The van der Waals surface area contributed by atoms with Crippen LogP contribution in [0.25, 0.3) is 22.0 Å². The van der Waals surface area contributed by atoms with Crippen LogP contribution in [-0.2, 0) is 11.3 Å². The number of pyridine rings is 2. The van der Waals surface area contributed by atoms with Crippen LogP contribution in [0.15, 0.2) is 30.7 Å². The number of nitrogens with zero attached hydrogens (tertiary/aromatic N) is 4. The molecule has 0 saturated heterocycles. The summed E-state index contributed by atoms with van der Waals surface area (Å²) >= 11 is 0. The van der Waals surface area contributed by atoms with E-state index in [1.54, 1.807) is 12.4 Å². The molecule has 1 aliphatic rings. The molecule has 3 heterocycles. The lowest BCUT2D eigenvalue weighted by molar-refractivity contribution is -0.117. The van der Waals surface area contributed by atoms with E-state index in [0.717, 1.165) is 47.2 Å². The Hall–Kier alpha value is -2.96. The average molecular weight is 336 g/mol. The molecule has 1 amide bonds. The van der Waals surface area contributed by atoms with Gasteiger partial charge in [0.05, 0.1) is 5.69 Å². The van der Waals surface area contributed by atoms with Crippen molar-refractivity contribution in [2.45, 2.75) is 26.3 Å². The van der Waals surface area contributed by atoms with Gasteiger partial charge in [-0.05, 0) is 31.9 Å². The Balaban J connectivity index is 1.85. The molecule has 4 rings (SSSR count). The molecular weight excluding hydrogens is 316 g/mol. The number of anilines is 2. The Bertz CT molecular complexity index is 944. The average Bonchev–Trinajstić information content (AvgIpc) is 3.38. The Morgan fingerprint density at radius 2 is 2.12 bits per heavy atom. The number of carbonyl (C=O) groups excluding carboxylic acids is 1. The molecule has 0 aliphatic heterocycles. The largest absolute Gasteiger partial charge is 0.373 e. The van der Waals surface area contributed by atoms with Crippen molar-refractivity contribution in [3.05, 3.63) is 30.7 Å². The first kappa shape index (κ1) is 15.6. The zero-order valence-electron chi connectivity index (χ0n) is 14.3. The van der Waals surface area contributed by atoms with Crippen LogP contribution in [0.3, 0.4) is 0 Å². The predicted molar refractivity (Wildman–Crippen MR) is 97.3 cm³/mol. The first-order valence-corrected chi connectivity index (χ1v) is 8.50. The Morgan fingerprint density at radius 1 is 1.28 bits per heavy atom. The summed E-state index contributed by atoms with van der Waals surface area (Å²) in [5, 5.41) is 12.3. The number of rotatable bonds is 5. The Morgan fingerprint density at radius 3 is 2.84 bits per heavy atom. The Kier molecular flexibility index (Phi) is 3.83. The predicted octanol–water partition coefficient (Wildman–Crippen LogP) is 2.90. The van der Waals surface area contributed by atoms with Crippen molar-refractivity contribution in [3.8, 4) is 11.3 Å². The van der Waals surface area contributed by atoms with Crippen molar-refractivity contribution >= 4 is 28.3 Å². The molecule has 1 fully saturated rings. The summed E-state index contributed by atoms with van der Waals surface area (Å²) in [7, 11) is 1.83.